The molecule has 0 radical (unpaired) electrons. The number of aliphatic hydroxyl groups excluding tert-OH is 1. The van der Waals surface area contributed by atoms with E-state index in [4.69, 9.17) is 4.74 Å². The van der Waals surface area contributed by atoms with E-state index in [0.717, 1.165) is 11.3 Å². The van der Waals surface area contributed by atoms with Gasteiger partial charge in [-0.05, 0) is 35.8 Å². The molecule has 0 saturated carbocycles. The zero-order chi connectivity index (χ0) is 17.7. The number of benzene rings is 1. The number of nitrogens with one attached hydrogen (secondary N) is 1. The van der Waals surface area contributed by atoms with Crippen LogP contribution < -0.4 is 10.1 Å². The van der Waals surface area contributed by atoms with Crippen molar-refractivity contribution < 1.29 is 14.6 Å². The normalized spacial score (nSPS) is 13.5. The van der Waals surface area contributed by atoms with Crippen LogP contribution in [0, 0.1) is 5.41 Å². The van der Waals surface area contributed by atoms with Gasteiger partial charge in [-0.15, -0.1) is 0 Å². The lowest BCUT2D eigenvalue weighted by molar-refractivity contribution is -0.123. The molecule has 0 fully saturated rings. The van der Waals surface area contributed by atoms with Gasteiger partial charge in [0.2, 0.25) is 0 Å². The second-order valence-electron chi connectivity index (χ2n) is 8.03. The Morgan fingerprint density at radius 1 is 1.22 bits per heavy atom. The molecule has 1 rings (SSSR count). The zero-order valence-electron chi connectivity index (χ0n) is 15.3. The average Bonchev–Trinajstić information content (AvgIpc) is 2.41. The van der Waals surface area contributed by atoms with Crippen LogP contribution in [-0.2, 0) is 10.2 Å². The number of ether oxygens (including phenoxy) is 1. The predicted molar refractivity (Wildman–Crippen MR) is 93.7 cm³/mol. The number of para-hydroxylation sites is 1. The maximum atomic E-state index is 12.0. The van der Waals surface area contributed by atoms with Gasteiger partial charge in [0.05, 0.1) is 6.10 Å². The standard InChI is InChI=1S/C19H31NO3/c1-14(21)11-19(5,6)13-20-17(22)12-23-16-10-8-7-9-15(16)18(2,3)4/h7-10,14,21H,11-13H2,1-6H3,(H,20,22). The van der Waals surface area contributed by atoms with Crippen LogP contribution in [-0.4, -0.2) is 30.3 Å². The fourth-order valence-electron chi connectivity index (χ4n) is 2.62. The van der Waals surface area contributed by atoms with Gasteiger partial charge in [0.15, 0.2) is 6.61 Å². The SMILES string of the molecule is CC(O)CC(C)(C)CNC(=O)COc1ccccc1C(C)(C)C. The fraction of sp³-hybridized carbons (Fsp3) is 0.632. The summed E-state index contributed by atoms with van der Waals surface area (Å²) < 4.78 is 5.71. The van der Waals surface area contributed by atoms with Crippen molar-refractivity contribution in [1.82, 2.24) is 5.32 Å². The smallest absolute Gasteiger partial charge is 0.257 e. The Hall–Kier alpha value is -1.55. The van der Waals surface area contributed by atoms with Crippen LogP contribution in [0.2, 0.25) is 0 Å². The van der Waals surface area contributed by atoms with E-state index in [-0.39, 0.29) is 29.4 Å². The number of amides is 1. The van der Waals surface area contributed by atoms with Crippen molar-refractivity contribution in [2.24, 2.45) is 5.41 Å². The molecule has 4 heteroatoms. The lowest BCUT2D eigenvalue weighted by atomic mass is 9.86. The molecule has 0 aliphatic rings. The molecule has 0 heterocycles. The van der Waals surface area contributed by atoms with Gasteiger partial charge in [-0.1, -0.05) is 52.8 Å². The van der Waals surface area contributed by atoms with Crippen LogP contribution in [0.15, 0.2) is 24.3 Å². The Morgan fingerprint density at radius 3 is 2.39 bits per heavy atom. The summed E-state index contributed by atoms with van der Waals surface area (Å²) in [7, 11) is 0. The average molecular weight is 321 g/mol. The number of aliphatic hydroxyl groups is 1. The molecule has 1 unspecified atom stereocenters. The minimum atomic E-state index is -0.378. The molecule has 23 heavy (non-hydrogen) atoms. The molecule has 0 spiro atoms. The summed E-state index contributed by atoms with van der Waals surface area (Å²) in [5, 5.41) is 12.4. The third-order valence-corrected chi connectivity index (χ3v) is 3.67. The Morgan fingerprint density at radius 2 is 1.83 bits per heavy atom. The highest BCUT2D eigenvalue weighted by Crippen LogP contribution is 2.30. The van der Waals surface area contributed by atoms with E-state index in [9.17, 15) is 9.90 Å². The van der Waals surface area contributed by atoms with Gasteiger partial charge in [0.1, 0.15) is 5.75 Å². The monoisotopic (exact) mass is 321 g/mol. The minimum absolute atomic E-state index is 0.00213. The van der Waals surface area contributed by atoms with E-state index >= 15 is 0 Å². The second kappa shape index (κ2) is 7.82. The lowest BCUT2D eigenvalue weighted by Crippen LogP contribution is -2.38. The highest BCUT2D eigenvalue weighted by Gasteiger charge is 2.22. The molecule has 0 saturated heterocycles. The van der Waals surface area contributed by atoms with Crippen molar-refractivity contribution in [3.8, 4) is 5.75 Å². The molecular formula is C19H31NO3. The Balaban J connectivity index is 2.55. The first-order chi connectivity index (χ1) is 10.5. The van der Waals surface area contributed by atoms with Crippen molar-refractivity contribution >= 4 is 5.91 Å². The first-order valence-electron chi connectivity index (χ1n) is 8.18. The number of carbonyl (C=O) groups is 1. The van der Waals surface area contributed by atoms with Crippen molar-refractivity contribution in [3.05, 3.63) is 29.8 Å². The first kappa shape index (κ1) is 19.5. The molecule has 1 aromatic carbocycles. The molecule has 130 valence electrons. The van der Waals surface area contributed by atoms with E-state index in [1.54, 1.807) is 6.92 Å². The fourth-order valence-corrected chi connectivity index (χ4v) is 2.62. The summed E-state index contributed by atoms with van der Waals surface area (Å²) in [6.07, 6.45) is 0.262. The summed E-state index contributed by atoms with van der Waals surface area (Å²) in [5.74, 6) is 0.603. The van der Waals surface area contributed by atoms with E-state index in [1.165, 1.54) is 0 Å². The molecular weight excluding hydrogens is 290 g/mol. The van der Waals surface area contributed by atoms with Crippen molar-refractivity contribution in [3.63, 3.8) is 0 Å². The van der Waals surface area contributed by atoms with Gasteiger partial charge in [0, 0.05) is 6.54 Å². The van der Waals surface area contributed by atoms with Crippen molar-refractivity contribution in [2.45, 2.75) is 59.5 Å². The van der Waals surface area contributed by atoms with Crippen molar-refractivity contribution in [2.75, 3.05) is 13.2 Å². The third-order valence-electron chi connectivity index (χ3n) is 3.67. The number of hydrogen-bond acceptors (Lipinski definition) is 3. The minimum Gasteiger partial charge on any atom is -0.483 e. The van der Waals surface area contributed by atoms with Crippen LogP contribution >= 0.6 is 0 Å². The van der Waals surface area contributed by atoms with Crippen LogP contribution in [0.4, 0.5) is 0 Å². The van der Waals surface area contributed by atoms with Gasteiger partial charge in [0.25, 0.3) is 5.91 Å². The van der Waals surface area contributed by atoms with E-state index in [2.05, 4.69) is 26.1 Å². The number of rotatable bonds is 7. The zero-order valence-corrected chi connectivity index (χ0v) is 15.3. The van der Waals surface area contributed by atoms with E-state index in [0.29, 0.717) is 13.0 Å². The Kier molecular flexibility index (Phi) is 6.63. The maximum Gasteiger partial charge on any atom is 0.257 e. The van der Waals surface area contributed by atoms with Gasteiger partial charge >= 0.3 is 0 Å². The molecule has 0 aromatic heterocycles. The highest BCUT2D eigenvalue weighted by atomic mass is 16.5. The molecule has 0 aliphatic carbocycles. The van der Waals surface area contributed by atoms with Crippen LogP contribution in [0.3, 0.4) is 0 Å². The quantitative estimate of drug-likeness (QED) is 0.810. The molecule has 0 aliphatic heterocycles. The van der Waals surface area contributed by atoms with Crippen LogP contribution in [0.25, 0.3) is 0 Å². The molecule has 1 aromatic rings. The molecule has 0 bridgehead atoms. The summed E-state index contributed by atoms with van der Waals surface area (Å²) in [5.41, 5.74) is 0.904. The largest absolute Gasteiger partial charge is 0.483 e. The molecule has 2 N–H and O–H groups in total. The first-order valence-corrected chi connectivity index (χ1v) is 8.18. The molecule has 1 atom stereocenters. The summed E-state index contributed by atoms with van der Waals surface area (Å²) in [6.45, 7) is 12.7. The van der Waals surface area contributed by atoms with Gasteiger partial charge < -0.3 is 15.2 Å². The van der Waals surface area contributed by atoms with E-state index in [1.807, 2.05) is 38.1 Å². The Labute approximate surface area is 140 Å². The van der Waals surface area contributed by atoms with Crippen LogP contribution in [0.5, 0.6) is 5.75 Å². The lowest BCUT2D eigenvalue weighted by Gasteiger charge is -2.26. The topological polar surface area (TPSA) is 58.6 Å². The summed E-state index contributed by atoms with van der Waals surface area (Å²) >= 11 is 0. The number of hydrogen-bond donors (Lipinski definition) is 2. The van der Waals surface area contributed by atoms with Crippen molar-refractivity contribution in [1.29, 1.82) is 0 Å². The molecule has 1 amide bonds. The third kappa shape index (κ3) is 7.04. The summed E-state index contributed by atoms with van der Waals surface area (Å²) in [6, 6.07) is 7.81. The van der Waals surface area contributed by atoms with Gasteiger partial charge in [-0.25, -0.2) is 0 Å². The molecule has 4 nitrogen and oxygen atoms in total. The van der Waals surface area contributed by atoms with E-state index < -0.39 is 0 Å². The predicted octanol–water partition coefficient (Wildman–Crippen LogP) is 3.28. The summed E-state index contributed by atoms with van der Waals surface area (Å²) in [4.78, 5) is 12.0. The number of carbonyl (C=O) groups excluding carboxylic acids is 1. The second-order valence-corrected chi connectivity index (χ2v) is 8.03. The Bertz CT molecular complexity index is 516. The van der Waals surface area contributed by atoms with Crippen LogP contribution in [0.1, 0.15) is 53.5 Å². The van der Waals surface area contributed by atoms with Gasteiger partial charge in [-0.2, -0.15) is 0 Å². The maximum absolute atomic E-state index is 12.0. The highest BCUT2D eigenvalue weighted by molar-refractivity contribution is 5.77. The van der Waals surface area contributed by atoms with Gasteiger partial charge in [-0.3, -0.25) is 4.79 Å².